The Morgan fingerprint density at radius 2 is 0.426 bits per heavy atom. The Hall–Kier alpha value is -17.8. The van der Waals surface area contributed by atoms with Gasteiger partial charge < -0.3 is 27.4 Å². The lowest BCUT2D eigenvalue weighted by molar-refractivity contribution is 1.15. The summed E-state index contributed by atoms with van der Waals surface area (Å²) >= 11 is 0. The number of pyridine rings is 6. The van der Waals surface area contributed by atoms with Gasteiger partial charge in [-0.1, -0.05) is 206 Å². The van der Waals surface area contributed by atoms with Crippen LogP contribution < -0.4 is 0 Å². The van der Waals surface area contributed by atoms with E-state index >= 15 is 0 Å². The first-order valence-corrected chi connectivity index (χ1v) is 43.5. The molecule has 0 aliphatic heterocycles. The van der Waals surface area contributed by atoms with Crippen molar-refractivity contribution >= 4 is 213 Å². The zero-order valence-corrected chi connectivity index (χ0v) is 69.0. The number of hydrogen-bond acceptors (Lipinski definition) is 6. The van der Waals surface area contributed by atoms with Crippen LogP contribution in [0, 0.1) is 0 Å². The molecule has 0 aliphatic carbocycles. The molecular formula is C114H69N15. The molecule has 0 saturated carbocycles. The third-order valence-corrected chi connectivity index (χ3v) is 26.8. The minimum atomic E-state index is 0.910. The average molecular weight is 1650 g/mol. The highest BCUT2D eigenvalue weighted by atomic mass is 15.1. The molecule has 30 rings (SSSR count). The number of rotatable bonds is 6. The van der Waals surface area contributed by atoms with Crippen molar-refractivity contribution in [3.8, 4) is 34.1 Å². The van der Waals surface area contributed by atoms with Gasteiger partial charge in [-0.3, -0.25) is 28.2 Å². The van der Waals surface area contributed by atoms with Crippen LogP contribution in [0.3, 0.4) is 0 Å². The van der Waals surface area contributed by atoms with Crippen LogP contribution in [-0.2, 0) is 0 Å². The molecule has 15 aromatic carbocycles. The van der Waals surface area contributed by atoms with Gasteiger partial charge >= 0.3 is 0 Å². The third-order valence-electron chi connectivity index (χ3n) is 26.8. The van der Waals surface area contributed by atoms with E-state index in [0.717, 1.165) is 105 Å². The van der Waals surface area contributed by atoms with Gasteiger partial charge in [0.2, 0.25) is 0 Å². The zero-order valence-electron chi connectivity index (χ0n) is 69.0. The number of aromatic nitrogens is 15. The quantitative estimate of drug-likeness (QED) is 0.153. The summed E-state index contributed by atoms with van der Waals surface area (Å²) in [5.74, 6) is 0. The first kappa shape index (κ1) is 70.7. The SMILES string of the molecule is c1ccc(-n2c3ccccc3c3c2ccc2c4c5c6ccncc6c6nccn6c5ccc4n(-c4ccccc4)c23)cc1.c1ccc(-n2c3ccccc3c3c4c5ccncc5c5nccn5c4c4c(c5ccccc5n4-c4ccccc4)c32)cc1.c1ccc(-n2c3ccccc3c3c4c5ccncc5c5nccn5c4c4c5ccccc5n(-c5ccccc5)c4c32)cc1. The minimum absolute atomic E-state index is 0.910. The van der Waals surface area contributed by atoms with Crippen molar-refractivity contribution in [3.63, 3.8) is 0 Å². The molecule has 0 radical (unpaired) electrons. The molecule has 600 valence electrons. The average Bonchev–Trinajstić information content (AvgIpc) is 1.51. The molecule has 0 bridgehead atoms. The van der Waals surface area contributed by atoms with Crippen molar-refractivity contribution < 1.29 is 0 Å². The van der Waals surface area contributed by atoms with Crippen LogP contribution in [0.1, 0.15) is 0 Å². The van der Waals surface area contributed by atoms with Gasteiger partial charge in [-0.2, -0.15) is 0 Å². The molecule has 15 heterocycles. The van der Waals surface area contributed by atoms with Crippen LogP contribution in [-0.4, -0.2) is 70.5 Å². The molecule has 0 unspecified atom stereocenters. The molecule has 129 heavy (non-hydrogen) atoms. The van der Waals surface area contributed by atoms with Crippen molar-refractivity contribution in [2.45, 2.75) is 0 Å². The van der Waals surface area contributed by atoms with Gasteiger partial charge in [0, 0.05) is 205 Å². The van der Waals surface area contributed by atoms with E-state index in [1.54, 1.807) is 0 Å². The van der Waals surface area contributed by atoms with E-state index in [2.05, 4.69) is 420 Å². The summed E-state index contributed by atoms with van der Waals surface area (Å²) in [6, 6.07) is 124. The molecule has 15 aromatic heterocycles. The van der Waals surface area contributed by atoms with Crippen LogP contribution in [0.15, 0.2) is 420 Å². The fourth-order valence-electron chi connectivity index (χ4n) is 22.0. The van der Waals surface area contributed by atoms with E-state index in [9.17, 15) is 0 Å². The summed E-state index contributed by atoms with van der Waals surface area (Å²) in [5.41, 5.74) is 27.2. The first-order chi connectivity index (χ1) is 64.2. The topological polar surface area (TPSA) is 120 Å². The standard InChI is InChI=1S/3C38H23N5/c1-3-11-24(12-4-1)42-30-17-9-7-15-27(30)33-32-26-19-20-39-23-29(26)38-40-21-22-41(38)36(32)37-34(35(33)42)28-16-8-10-18-31(28)43(37)25-13-5-2-6-14-25;1-3-11-24(12-4-1)42-30-17-9-7-15-27(30)33-32-26-19-20-39-23-29(26)38-40-21-22-41(38)35(32)34-28-16-8-10-18-31(28)43(37(34)36(33)42)25-13-5-2-6-14-25;1-3-9-24(10-4-1)42-30-14-8-7-13-27(30)36-33(42)16-15-28-35-32(43(37(28)36)25-11-5-2-6-12-25)18-17-31-34(35)26-19-20-39-23-29(26)38-40-21-22-41(31)38/h3*1-23H. The molecule has 30 aromatic rings. The van der Waals surface area contributed by atoms with Crippen molar-refractivity contribution in [2.24, 2.45) is 0 Å². The van der Waals surface area contributed by atoms with Crippen molar-refractivity contribution in [1.29, 1.82) is 0 Å². The Kier molecular flexibility index (Phi) is 15.0. The molecule has 0 aliphatic rings. The van der Waals surface area contributed by atoms with Crippen LogP contribution in [0.4, 0.5) is 0 Å². The van der Waals surface area contributed by atoms with Gasteiger partial charge in [0.1, 0.15) is 16.9 Å². The molecule has 15 nitrogen and oxygen atoms in total. The third kappa shape index (κ3) is 9.83. The molecule has 0 spiro atoms. The Morgan fingerprint density at radius 1 is 0.147 bits per heavy atom. The fourth-order valence-corrected chi connectivity index (χ4v) is 22.0. The second-order valence-corrected chi connectivity index (χ2v) is 33.3. The van der Waals surface area contributed by atoms with E-state index < -0.39 is 0 Å². The summed E-state index contributed by atoms with van der Waals surface area (Å²) in [7, 11) is 0. The maximum absolute atomic E-state index is 4.86. The van der Waals surface area contributed by atoms with Gasteiger partial charge in [0.05, 0.1) is 82.8 Å². The predicted octanol–water partition coefficient (Wildman–Crippen LogP) is 27.7. The van der Waals surface area contributed by atoms with Crippen LogP contribution in [0.5, 0.6) is 0 Å². The summed E-state index contributed by atoms with van der Waals surface area (Å²) < 4.78 is 21.4. The van der Waals surface area contributed by atoms with Gasteiger partial charge in [0.25, 0.3) is 0 Å². The van der Waals surface area contributed by atoms with Gasteiger partial charge in [-0.05, 0) is 156 Å². The van der Waals surface area contributed by atoms with E-state index in [-0.39, 0.29) is 0 Å². The summed E-state index contributed by atoms with van der Waals surface area (Å²) in [4.78, 5) is 28.0. The molecule has 0 amide bonds. The van der Waals surface area contributed by atoms with Crippen molar-refractivity contribution in [1.82, 2.24) is 70.5 Å². The summed E-state index contributed by atoms with van der Waals surface area (Å²) in [5, 5.41) is 25.0. The molecule has 15 heteroatoms. The number of fused-ring (bicyclic) bond motifs is 44. The monoisotopic (exact) mass is 1650 g/mol. The Morgan fingerprint density at radius 3 is 0.876 bits per heavy atom. The normalized spacial score (nSPS) is 12.2. The summed E-state index contributed by atoms with van der Waals surface area (Å²) in [6.07, 6.45) is 23.5. The molecule has 0 N–H and O–H groups in total. The van der Waals surface area contributed by atoms with E-state index in [4.69, 9.17) is 15.0 Å². The smallest absolute Gasteiger partial charge is 0.146 e. The lowest BCUT2D eigenvalue weighted by Gasteiger charge is -2.16. The number of para-hydroxylation sites is 11. The maximum atomic E-state index is 4.86. The second-order valence-electron chi connectivity index (χ2n) is 33.3. The van der Waals surface area contributed by atoms with Crippen LogP contribution in [0.25, 0.3) is 247 Å². The van der Waals surface area contributed by atoms with Crippen LogP contribution in [0.2, 0.25) is 0 Å². The lowest BCUT2D eigenvalue weighted by Crippen LogP contribution is -2.00. The molecule has 0 fully saturated rings. The summed E-state index contributed by atoms with van der Waals surface area (Å²) in [6.45, 7) is 0. The highest BCUT2D eigenvalue weighted by molar-refractivity contribution is 6.43. The lowest BCUT2D eigenvalue weighted by atomic mass is 9.98. The van der Waals surface area contributed by atoms with E-state index in [1.165, 1.54) is 141 Å². The number of benzene rings is 15. The minimum Gasteiger partial charge on any atom is -0.309 e. The Bertz CT molecular complexity index is 9900. The zero-order chi connectivity index (χ0) is 84.2. The Balaban J connectivity index is 0.0000000976. The molecule has 0 atom stereocenters. The van der Waals surface area contributed by atoms with Crippen LogP contribution >= 0.6 is 0 Å². The molecule has 0 saturated heterocycles. The number of hydrogen-bond donors (Lipinski definition) is 0. The van der Waals surface area contributed by atoms with Gasteiger partial charge in [-0.25, -0.2) is 15.0 Å². The second kappa shape index (κ2) is 27.3. The Labute approximate surface area is 732 Å². The van der Waals surface area contributed by atoms with Gasteiger partial charge in [0.15, 0.2) is 0 Å². The highest BCUT2D eigenvalue weighted by Crippen LogP contribution is 2.53. The highest BCUT2D eigenvalue weighted by Gasteiger charge is 2.32. The van der Waals surface area contributed by atoms with E-state index in [1.807, 2.05) is 55.8 Å². The van der Waals surface area contributed by atoms with Crippen molar-refractivity contribution in [2.75, 3.05) is 0 Å². The largest absolute Gasteiger partial charge is 0.309 e. The first-order valence-electron chi connectivity index (χ1n) is 43.5. The van der Waals surface area contributed by atoms with Gasteiger partial charge in [-0.15, -0.1) is 0 Å². The number of imidazole rings is 3. The fraction of sp³-hybridized carbons (Fsp3) is 0. The van der Waals surface area contributed by atoms with Crippen molar-refractivity contribution in [3.05, 3.63) is 420 Å². The van der Waals surface area contributed by atoms with E-state index in [0.29, 0.717) is 0 Å². The maximum Gasteiger partial charge on any atom is 0.146 e. The molecular weight excluding hydrogens is 1580 g/mol. The number of nitrogens with zero attached hydrogens (tertiary/aromatic N) is 15. The predicted molar refractivity (Wildman–Crippen MR) is 530 cm³/mol.